The number of hydrogen-bond donors (Lipinski definition) is 2. The molecule has 2 amide bonds. The molecule has 0 bridgehead atoms. The summed E-state index contributed by atoms with van der Waals surface area (Å²) < 4.78 is 10.7. The summed E-state index contributed by atoms with van der Waals surface area (Å²) in [5, 5.41) is 14.7. The van der Waals surface area contributed by atoms with E-state index in [0.29, 0.717) is 49.2 Å². The van der Waals surface area contributed by atoms with Crippen molar-refractivity contribution in [1.82, 2.24) is 20.1 Å². The van der Waals surface area contributed by atoms with Gasteiger partial charge < -0.3 is 29.9 Å². The van der Waals surface area contributed by atoms with Crippen molar-refractivity contribution in [2.75, 3.05) is 48.5 Å². The first-order valence-electron chi connectivity index (χ1n) is 10.4. The van der Waals surface area contributed by atoms with Crippen LogP contribution in [0, 0.1) is 6.92 Å². The van der Waals surface area contributed by atoms with E-state index in [1.165, 1.54) is 0 Å². The molecule has 0 saturated carbocycles. The van der Waals surface area contributed by atoms with Crippen LogP contribution in [0.3, 0.4) is 0 Å². The van der Waals surface area contributed by atoms with Crippen LogP contribution in [0.2, 0.25) is 0 Å². The quantitative estimate of drug-likeness (QED) is 0.647. The highest BCUT2D eigenvalue weighted by molar-refractivity contribution is 5.90. The zero-order chi connectivity index (χ0) is 21.9. The number of nitrogens with zero attached hydrogens (tertiary/aromatic N) is 5. The summed E-state index contributed by atoms with van der Waals surface area (Å²) >= 11 is 0. The average Bonchev–Trinajstić information content (AvgIpc) is 3.28. The lowest BCUT2D eigenvalue weighted by molar-refractivity contribution is 0.174. The molecule has 2 aliphatic rings. The molecule has 10 heteroatoms. The lowest BCUT2D eigenvalue weighted by atomic mass is 10.2. The summed E-state index contributed by atoms with van der Waals surface area (Å²) in [5.41, 5.74) is 1.80. The summed E-state index contributed by atoms with van der Waals surface area (Å²) in [6.45, 7) is 4.75. The Morgan fingerprint density at radius 3 is 2.56 bits per heavy atom. The summed E-state index contributed by atoms with van der Waals surface area (Å²) in [7, 11) is 0. The van der Waals surface area contributed by atoms with Gasteiger partial charge in [0.2, 0.25) is 6.79 Å². The Morgan fingerprint density at radius 1 is 0.938 bits per heavy atom. The molecule has 4 heterocycles. The monoisotopic (exact) mass is 433 g/mol. The van der Waals surface area contributed by atoms with Gasteiger partial charge in [0.1, 0.15) is 5.82 Å². The number of benzene rings is 1. The molecule has 164 valence electrons. The van der Waals surface area contributed by atoms with Crippen molar-refractivity contribution in [2.24, 2.45) is 0 Å². The number of anilines is 4. The minimum atomic E-state index is -0.139. The Hall–Kier alpha value is -4.08. The van der Waals surface area contributed by atoms with Crippen LogP contribution in [0.1, 0.15) is 5.56 Å². The van der Waals surface area contributed by atoms with Gasteiger partial charge in [0.15, 0.2) is 23.1 Å². The molecule has 2 aliphatic heterocycles. The number of amides is 2. The second-order valence-corrected chi connectivity index (χ2v) is 7.59. The molecule has 5 rings (SSSR count). The number of aromatic nitrogens is 3. The van der Waals surface area contributed by atoms with Crippen LogP contribution in [-0.4, -0.2) is 59.1 Å². The second-order valence-electron chi connectivity index (χ2n) is 7.59. The van der Waals surface area contributed by atoms with Gasteiger partial charge in [0.05, 0.1) is 0 Å². The first-order valence-corrected chi connectivity index (χ1v) is 10.4. The van der Waals surface area contributed by atoms with E-state index in [4.69, 9.17) is 9.47 Å². The third kappa shape index (κ3) is 4.34. The van der Waals surface area contributed by atoms with Gasteiger partial charge in [-0.05, 0) is 48.9 Å². The number of carbonyl (C=O) groups is 1. The van der Waals surface area contributed by atoms with Crippen molar-refractivity contribution in [2.45, 2.75) is 6.92 Å². The first kappa shape index (κ1) is 19.9. The van der Waals surface area contributed by atoms with Crippen molar-refractivity contribution in [3.63, 3.8) is 0 Å². The van der Waals surface area contributed by atoms with Gasteiger partial charge in [-0.1, -0.05) is 0 Å². The molecular formula is C22H23N7O3. The van der Waals surface area contributed by atoms with Crippen molar-refractivity contribution in [3.05, 3.63) is 54.2 Å². The van der Waals surface area contributed by atoms with Crippen molar-refractivity contribution in [1.29, 1.82) is 0 Å². The van der Waals surface area contributed by atoms with Gasteiger partial charge in [-0.3, -0.25) is 0 Å². The fraction of sp³-hybridized carbons (Fsp3) is 0.273. The predicted octanol–water partition coefficient (Wildman–Crippen LogP) is 3.01. The first-order chi connectivity index (χ1) is 15.6. The van der Waals surface area contributed by atoms with E-state index in [9.17, 15) is 4.79 Å². The maximum atomic E-state index is 12.6. The van der Waals surface area contributed by atoms with E-state index in [2.05, 4.69) is 30.7 Å². The summed E-state index contributed by atoms with van der Waals surface area (Å²) in [6.07, 6.45) is 1.75. The van der Waals surface area contributed by atoms with E-state index in [1.807, 2.05) is 31.2 Å². The van der Waals surface area contributed by atoms with E-state index in [1.54, 1.807) is 29.3 Å². The number of urea groups is 1. The maximum Gasteiger partial charge on any atom is 0.321 e. The Bertz CT molecular complexity index is 1110. The molecule has 1 fully saturated rings. The molecule has 32 heavy (non-hydrogen) atoms. The van der Waals surface area contributed by atoms with Crippen molar-refractivity contribution >= 4 is 29.2 Å². The van der Waals surface area contributed by atoms with Crippen molar-refractivity contribution in [3.8, 4) is 11.5 Å². The zero-order valence-corrected chi connectivity index (χ0v) is 17.6. The normalized spacial score (nSPS) is 14.9. The van der Waals surface area contributed by atoms with Crippen LogP contribution in [0.15, 0.2) is 48.7 Å². The number of piperazine rings is 1. The zero-order valence-electron chi connectivity index (χ0n) is 17.6. The number of carbonyl (C=O) groups excluding carboxylic acids is 1. The molecule has 2 N–H and O–H groups in total. The standard InChI is InChI=1S/C22H23N7O3/c1-15-6-7-23-20(12-15)25-19-4-5-21(27-26-19)28-8-10-29(11-9-28)22(30)24-16-2-3-17-18(13-16)32-14-31-17/h2-7,12-13H,8-11,14H2,1H3,(H,24,30)(H,23,25,26). The number of aryl methyl sites for hydroxylation is 1. The molecule has 3 aromatic rings. The summed E-state index contributed by atoms with van der Waals surface area (Å²) in [4.78, 5) is 20.8. The lowest BCUT2D eigenvalue weighted by Gasteiger charge is -2.35. The van der Waals surface area contributed by atoms with Crippen LogP contribution in [-0.2, 0) is 0 Å². The molecule has 0 unspecified atom stereocenters. The fourth-order valence-electron chi connectivity index (χ4n) is 3.61. The maximum absolute atomic E-state index is 12.6. The number of nitrogens with one attached hydrogen (secondary N) is 2. The van der Waals surface area contributed by atoms with Crippen molar-refractivity contribution < 1.29 is 14.3 Å². The smallest absolute Gasteiger partial charge is 0.321 e. The third-order valence-electron chi connectivity index (χ3n) is 5.34. The molecule has 2 aromatic heterocycles. The molecule has 0 atom stereocenters. The minimum Gasteiger partial charge on any atom is -0.454 e. The largest absolute Gasteiger partial charge is 0.454 e. The Morgan fingerprint density at radius 2 is 1.78 bits per heavy atom. The molecule has 1 saturated heterocycles. The van der Waals surface area contributed by atoms with E-state index in [0.717, 1.165) is 17.2 Å². The van der Waals surface area contributed by atoms with Gasteiger partial charge in [-0.15, -0.1) is 10.2 Å². The summed E-state index contributed by atoms with van der Waals surface area (Å²) in [5.74, 6) is 3.47. The van der Waals surface area contributed by atoms with E-state index >= 15 is 0 Å². The SMILES string of the molecule is Cc1ccnc(Nc2ccc(N3CCN(C(=O)Nc4ccc5c(c4)OCO5)CC3)nn2)c1. The van der Waals surface area contributed by atoms with Gasteiger partial charge in [0.25, 0.3) is 0 Å². The molecular weight excluding hydrogens is 410 g/mol. The minimum absolute atomic E-state index is 0.139. The lowest BCUT2D eigenvalue weighted by Crippen LogP contribution is -2.50. The highest BCUT2D eigenvalue weighted by Gasteiger charge is 2.23. The van der Waals surface area contributed by atoms with Crippen LogP contribution in [0.4, 0.5) is 27.9 Å². The number of ether oxygens (including phenoxy) is 2. The molecule has 0 spiro atoms. The van der Waals surface area contributed by atoms with Crippen LogP contribution in [0.5, 0.6) is 11.5 Å². The number of fused-ring (bicyclic) bond motifs is 1. The average molecular weight is 433 g/mol. The molecule has 0 aliphatic carbocycles. The Kier molecular flexibility index (Phi) is 5.32. The van der Waals surface area contributed by atoms with Gasteiger partial charge >= 0.3 is 6.03 Å². The van der Waals surface area contributed by atoms with E-state index in [-0.39, 0.29) is 12.8 Å². The Balaban J connectivity index is 1.14. The predicted molar refractivity (Wildman–Crippen MR) is 120 cm³/mol. The Labute approximate surface area is 185 Å². The molecule has 1 aromatic carbocycles. The molecule has 10 nitrogen and oxygen atoms in total. The molecule has 0 radical (unpaired) electrons. The second kappa shape index (κ2) is 8.58. The summed E-state index contributed by atoms with van der Waals surface area (Å²) in [6, 6.07) is 12.9. The van der Waals surface area contributed by atoms with Crippen LogP contribution >= 0.6 is 0 Å². The topological polar surface area (TPSA) is 105 Å². The third-order valence-corrected chi connectivity index (χ3v) is 5.34. The van der Waals surface area contributed by atoms with Gasteiger partial charge in [-0.2, -0.15) is 0 Å². The van der Waals surface area contributed by atoms with E-state index < -0.39 is 0 Å². The number of pyridine rings is 1. The van der Waals surface area contributed by atoms with Gasteiger partial charge in [0, 0.05) is 44.1 Å². The highest BCUT2D eigenvalue weighted by Crippen LogP contribution is 2.34. The number of hydrogen-bond acceptors (Lipinski definition) is 8. The van der Waals surface area contributed by atoms with Crippen LogP contribution < -0.4 is 25.0 Å². The highest BCUT2D eigenvalue weighted by atomic mass is 16.7. The number of rotatable bonds is 4. The van der Waals surface area contributed by atoms with Gasteiger partial charge in [-0.25, -0.2) is 9.78 Å². The fourth-order valence-corrected chi connectivity index (χ4v) is 3.61. The van der Waals surface area contributed by atoms with Crippen LogP contribution in [0.25, 0.3) is 0 Å².